The van der Waals surface area contributed by atoms with E-state index in [1.807, 2.05) is 0 Å². The van der Waals surface area contributed by atoms with Crippen molar-refractivity contribution < 1.29 is 23.9 Å². The van der Waals surface area contributed by atoms with Crippen molar-refractivity contribution >= 4 is 55.4 Å². The van der Waals surface area contributed by atoms with E-state index in [-0.39, 0.29) is 22.5 Å². The Morgan fingerprint density at radius 3 is 2.00 bits per heavy atom. The van der Waals surface area contributed by atoms with Gasteiger partial charge in [-0.05, 0) is 50.1 Å². The van der Waals surface area contributed by atoms with Gasteiger partial charge in [0.25, 0.3) is 5.91 Å². The molecule has 1 aromatic carbocycles. The molecule has 0 saturated heterocycles. The van der Waals surface area contributed by atoms with Gasteiger partial charge in [0.2, 0.25) is 0 Å². The maximum Gasteiger partial charge on any atom is 0.337 e. The number of ether oxygens (including phenoxy) is 2. The first-order valence-electron chi connectivity index (χ1n) is 6.39. The number of rotatable bonds is 4. The highest BCUT2D eigenvalue weighted by Gasteiger charge is 2.19. The van der Waals surface area contributed by atoms with Crippen molar-refractivity contribution in [1.82, 2.24) is 10.2 Å². The van der Waals surface area contributed by atoms with E-state index < -0.39 is 17.8 Å². The van der Waals surface area contributed by atoms with Crippen LogP contribution in [0.15, 0.2) is 27.3 Å². The summed E-state index contributed by atoms with van der Waals surface area (Å²) in [4.78, 5) is 35.7. The van der Waals surface area contributed by atoms with Crippen molar-refractivity contribution in [3.05, 3.63) is 44.1 Å². The Bertz CT molecular complexity index is 784. The average molecular weight is 461 g/mol. The molecule has 24 heavy (non-hydrogen) atoms. The zero-order chi connectivity index (χ0) is 17.9. The third-order valence-corrected chi connectivity index (χ3v) is 4.79. The van der Waals surface area contributed by atoms with Crippen LogP contribution in [-0.4, -0.2) is 42.3 Å². The zero-order valence-corrected chi connectivity index (χ0v) is 15.6. The number of esters is 2. The minimum Gasteiger partial charge on any atom is -0.465 e. The van der Waals surface area contributed by atoms with Gasteiger partial charge in [-0.1, -0.05) is 0 Å². The van der Waals surface area contributed by atoms with Crippen molar-refractivity contribution in [2.24, 2.45) is 0 Å². The van der Waals surface area contributed by atoms with Crippen LogP contribution < -0.4 is 5.32 Å². The summed E-state index contributed by atoms with van der Waals surface area (Å²) in [7, 11) is 2.42. The van der Waals surface area contributed by atoms with Gasteiger partial charge in [-0.25, -0.2) is 9.59 Å². The lowest BCUT2D eigenvalue weighted by atomic mass is 10.1. The van der Waals surface area contributed by atoms with Crippen LogP contribution in [0.4, 0.5) is 5.69 Å². The van der Waals surface area contributed by atoms with Crippen LogP contribution in [0.2, 0.25) is 0 Å². The number of carbonyl (C=O) groups excluding carboxylic acids is 3. The fraction of sp³-hybridized carbons (Fsp3) is 0.143. The summed E-state index contributed by atoms with van der Waals surface area (Å²) in [6, 6.07) is 4.08. The smallest absolute Gasteiger partial charge is 0.337 e. The fourth-order valence-electron chi connectivity index (χ4n) is 1.82. The first kappa shape index (κ1) is 18.1. The Balaban J connectivity index is 2.38. The highest BCUT2D eigenvalue weighted by atomic mass is 79.9. The summed E-state index contributed by atoms with van der Waals surface area (Å²) < 4.78 is 10.2. The molecular formula is C14H11Br2N3O5. The van der Waals surface area contributed by atoms with Gasteiger partial charge in [-0.15, -0.1) is 0 Å². The highest BCUT2D eigenvalue weighted by Crippen LogP contribution is 2.25. The predicted octanol–water partition coefficient (Wildman–Crippen LogP) is 2.76. The molecule has 1 amide bonds. The number of aromatic amines is 1. The van der Waals surface area contributed by atoms with Crippen molar-refractivity contribution in [3.8, 4) is 0 Å². The van der Waals surface area contributed by atoms with E-state index in [9.17, 15) is 14.4 Å². The van der Waals surface area contributed by atoms with Crippen LogP contribution in [0.1, 0.15) is 31.2 Å². The maximum atomic E-state index is 12.3. The summed E-state index contributed by atoms with van der Waals surface area (Å²) in [6.45, 7) is 0. The molecule has 0 aliphatic heterocycles. The van der Waals surface area contributed by atoms with E-state index in [0.29, 0.717) is 9.08 Å². The van der Waals surface area contributed by atoms with Gasteiger partial charge in [0.05, 0.1) is 29.8 Å². The number of amides is 1. The number of anilines is 1. The van der Waals surface area contributed by atoms with Crippen LogP contribution in [0.5, 0.6) is 0 Å². The minimum absolute atomic E-state index is 0.0953. The molecular weight excluding hydrogens is 450 g/mol. The Labute approximate surface area is 153 Å². The third-order valence-electron chi connectivity index (χ3n) is 2.91. The van der Waals surface area contributed by atoms with Crippen LogP contribution >= 0.6 is 31.9 Å². The Morgan fingerprint density at radius 2 is 1.58 bits per heavy atom. The molecule has 126 valence electrons. The molecule has 0 atom stereocenters. The first-order chi connectivity index (χ1) is 11.4. The third kappa shape index (κ3) is 3.82. The van der Waals surface area contributed by atoms with Gasteiger partial charge >= 0.3 is 11.9 Å². The quantitative estimate of drug-likeness (QED) is 0.678. The maximum absolute atomic E-state index is 12.3. The molecule has 1 aromatic heterocycles. The van der Waals surface area contributed by atoms with E-state index in [2.05, 4.69) is 56.8 Å². The van der Waals surface area contributed by atoms with E-state index in [0.717, 1.165) is 0 Å². The van der Waals surface area contributed by atoms with E-state index in [4.69, 9.17) is 0 Å². The highest BCUT2D eigenvalue weighted by molar-refractivity contribution is 9.13. The summed E-state index contributed by atoms with van der Waals surface area (Å²) in [5.74, 6) is -1.85. The molecule has 0 aliphatic rings. The first-order valence-corrected chi connectivity index (χ1v) is 7.98. The molecule has 2 aromatic rings. The summed E-state index contributed by atoms with van der Waals surface area (Å²) in [5.41, 5.74) is 0.509. The molecule has 0 aliphatic carbocycles. The normalized spacial score (nSPS) is 10.2. The molecule has 10 heteroatoms. The topological polar surface area (TPSA) is 110 Å². The monoisotopic (exact) mass is 459 g/mol. The fourth-order valence-corrected chi connectivity index (χ4v) is 2.45. The number of hydrogen-bond acceptors (Lipinski definition) is 6. The van der Waals surface area contributed by atoms with Gasteiger partial charge in [0, 0.05) is 5.69 Å². The van der Waals surface area contributed by atoms with Crippen LogP contribution in [0.25, 0.3) is 0 Å². The van der Waals surface area contributed by atoms with Crippen LogP contribution in [0, 0.1) is 0 Å². The summed E-state index contributed by atoms with van der Waals surface area (Å²) in [5, 5.41) is 9.00. The van der Waals surface area contributed by atoms with Gasteiger partial charge in [0.15, 0.2) is 5.69 Å². The van der Waals surface area contributed by atoms with Crippen LogP contribution in [-0.2, 0) is 9.47 Å². The number of hydrogen-bond donors (Lipinski definition) is 2. The Hall–Kier alpha value is -2.20. The number of halogens is 2. The molecule has 8 nitrogen and oxygen atoms in total. The van der Waals surface area contributed by atoms with Crippen molar-refractivity contribution in [3.63, 3.8) is 0 Å². The number of nitrogens with one attached hydrogen (secondary N) is 2. The largest absolute Gasteiger partial charge is 0.465 e. The summed E-state index contributed by atoms with van der Waals surface area (Å²) >= 11 is 6.39. The lowest BCUT2D eigenvalue weighted by Gasteiger charge is -2.09. The summed E-state index contributed by atoms with van der Waals surface area (Å²) in [6.07, 6.45) is 0. The molecule has 0 unspecified atom stereocenters. The van der Waals surface area contributed by atoms with Gasteiger partial charge in [0.1, 0.15) is 4.60 Å². The number of nitrogens with zero attached hydrogens (tertiary/aromatic N) is 1. The standard InChI is InChI=1S/C14H11Br2N3O5/c1-23-13(21)6-3-7(14(22)24-2)5-8(4-6)17-12(20)10-9(15)11(16)19-18-10/h3-5H,1-2H3,(H,17,20)(H,18,19). The Kier molecular flexibility index (Phi) is 5.73. The molecule has 2 N–H and O–H groups in total. The second kappa shape index (κ2) is 7.58. The van der Waals surface area contributed by atoms with Gasteiger partial charge < -0.3 is 14.8 Å². The lowest BCUT2D eigenvalue weighted by Crippen LogP contribution is -2.15. The second-order valence-corrected chi connectivity index (χ2v) is 6.02. The molecule has 0 fully saturated rings. The molecule has 1 heterocycles. The van der Waals surface area contributed by atoms with Crippen molar-refractivity contribution in [2.45, 2.75) is 0 Å². The number of benzene rings is 1. The minimum atomic E-state index is -0.653. The lowest BCUT2D eigenvalue weighted by molar-refractivity contribution is 0.0599. The van der Waals surface area contributed by atoms with E-state index >= 15 is 0 Å². The van der Waals surface area contributed by atoms with Gasteiger partial charge in [-0.2, -0.15) is 5.10 Å². The number of carbonyl (C=O) groups is 3. The molecule has 2 rings (SSSR count). The second-order valence-electron chi connectivity index (χ2n) is 4.44. The molecule has 0 saturated carbocycles. The van der Waals surface area contributed by atoms with E-state index in [1.54, 1.807) is 0 Å². The number of methoxy groups -OCH3 is 2. The average Bonchev–Trinajstić information content (AvgIpc) is 2.92. The predicted molar refractivity (Wildman–Crippen MR) is 91.1 cm³/mol. The van der Waals surface area contributed by atoms with Gasteiger partial charge in [-0.3, -0.25) is 9.89 Å². The Morgan fingerprint density at radius 1 is 1.04 bits per heavy atom. The SMILES string of the molecule is COC(=O)c1cc(NC(=O)c2n[nH]c(Br)c2Br)cc(C(=O)OC)c1. The number of H-pyrrole nitrogens is 1. The van der Waals surface area contributed by atoms with E-state index in [1.165, 1.54) is 32.4 Å². The molecule has 0 spiro atoms. The molecule has 0 bridgehead atoms. The van der Waals surface area contributed by atoms with Crippen LogP contribution in [0.3, 0.4) is 0 Å². The number of aromatic nitrogens is 2. The van der Waals surface area contributed by atoms with Crippen molar-refractivity contribution in [1.29, 1.82) is 0 Å². The van der Waals surface area contributed by atoms with Crippen molar-refractivity contribution in [2.75, 3.05) is 19.5 Å². The molecule has 0 radical (unpaired) electrons. The zero-order valence-electron chi connectivity index (χ0n) is 12.5.